The minimum atomic E-state index is -0.497. The van der Waals surface area contributed by atoms with Gasteiger partial charge in [0, 0.05) is 15.5 Å². The van der Waals surface area contributed by atoms with Crippen molar-refractivity contribution in [3.05, 3.63) is 64.1 Å². The normalized spacial score (nSPS) is 11.2. The molecule has 12 heteroatoms. The number of amides is 1. The van der Waals surface area contributed by atoms with Crippen LogP contribution in [0.4, 0.5) is 5.82 Å². The molecule has 0 saturated heterocycles. The van der Waals surface area contributed by atoms with Crippen LogP contribution in [0.25, 0.3) is 5.82 Å². The van der Waals surface area contributed by atoms with Gasteiger partial charge < -0.3 is 5.73 Å². The zero-order chi connectivity index (χ0) is 20.1. The summed E-state index contributed by atoms with van der Waals surface area (Å²) in [7, 11) is 0. The predicted octanol–water partition coefficient (Wildman–Crippen LogP) is 2.35. The van der Waals surface area contributed by atoms with Gasteiger partial charge in [-0.3, -0.25) is 4.79 Å². The lowest BCUT2D eigenvalue weighted by Crippen LogP contribution is -2.20. The summed E-state index contributed by atoms with van der Waals surface area (Å²) >= 11 is 3.02. The highest BCUT2D eigenvalue weighted by molar-refractivity contribution is 7.98. The number of nitrogen functional groups attached to an aromatic ring is 1. The van der Waals surface area contributed by atoms with E-state index in [1.807, 2.05) is 47.8 Å². The van der Waals surface area contributed by atoms with E-state index in [-0.39, 0.29) is 17.3 Å². The van der Waals surface area contributed by atoms with Gasteiger partial charge in [-0.2, -0.15) is 9.78 Å². The number of thiophene rings is 1. The van der Waals surface area contributed by atoms with Crippen LogP contribution < -0.4 is 11.2 Å². The highest BCUT2D eigenvalue weighted by atomic mass is 32.2. The first kappa shape index (κ1) is 18.8. The molecule has 0 bridgehead atoms. The Kier molecular flexibility index (Phi) is 5.63. The number of benzene rings is 1. The zero-order valence-corrected chi connectivity index (χ0v) is 16.4. The summed E-state index contributed by atoms with van der Waals surface area (Å²) in [6.07, 6.45) is 1.56. The minimum Gasteiger partial charge on any atom is -0.378 e. The Morgan fingerprint density at radius 3 is 2.86 bits per heavy atom. The van der Waals surface area contributed by atoms with Gasteiger partial charge in [-0.05, 0) is 33.9 Å². The third kappa shape index (κ3) is 4.33. The van der Waals surface area contributed by atoms with Crippen LogP contribution in [0.2, 0.25) is 0 Å². The molecule has 0 aliphatic rings. The Balaban J connectivity index is 1.59. The van der Waals surface area contributed by atoms with Crippen LogP contribution in [0.3, 0.4) is 0 Å². The molecule has 29 heavy (non-hydrogen) atoms. The lowest BCUT2D eigenvalue weighted by Gasteiger charge is -2.05. The molecule has 1 aromatic carbocycles. The second-order valence-corrected chi connectivity index (χ2v) is 7.61. The number of nitrogens with two attached hydrogens (primary N) is 1. The fraction of sp³-hybridized carbons (Fsp3) is 0.0588. The number of thioether (sulfide) groups is 1. The van der Waals surface area contributed by atoms with Gasteiger partial charge in [-0.15, -0.1) is 28.2 Å². The maximum atomic E-state index is 12.6. The van der Waals surface area contributed by atoms with Crippen LogP contribution in [0.5, 0.6) is 0 Å². The van der Waals surface area contributed by atoms with E-state index in [0.29, 0.717) is 11.4 Å². The molecule has 3 heterocycles. The molecule has 10 nitrogen and oxygen atoms in total. The Morgan fingerprint density at radius 1 is 1.28 bits per heavy atom. The van der Waals surface area contributed by atoms with Crippen molar-refractivity contribution in [3.8, 4) is 5.82 Å². The van der Waals surface area contributed by atoms with E-state index in [2.05, 4.69) is 35.8 Å². The van der Waals surface area contributed by atoms with Gasteiger partial charge in [-0.1, -0.05) is 29.5 Å². The van der Waals surface area contributed by atoms with Gasteiger partial charge in [0.15, 0.2) is 5.69 Å². The number of hydrazone groups is 1. The predicted molar refractivity (Wildman–Crippen MR) is 109 cm³/mol. The quantitative estimate of drug-likeness (QED) is 0.261. The minimum absolute atomic E-state index is 0.0449. The smallest absolute Gasteiger partial charge is 0.293 e. The number of aromatic nitrogens is 5. The number of hydrogen-bond donors (Lipinski definition) is 2. The van der Waals surface area contributed by atoms with Crippen molar-refractivity contribution in [1.82, 2.24) is 30.7 Å². The Bertz CT molecular complexity index is 1120. The number of nitrogens with one attached hydrogen (secondary N) is 1. The average molecular weight is 426 g/mol. The van der Waals surface area contributed by atoms with Crippen molar-refractivity contribution in [2.75, 3.05) is 5.73 Å². The SMILES string of the molecule is Nc1nonc1-n1nnc(C(=O)N/N=C\c2cccs2)c1CSc1ccccc1. The van der Waals surface area contributed by atoms with Crippen molar-refractivity contribution in [3.63, 3.8) is 0 Å². The largest absolute Gasteiger partial charge is 0.378 e. The third-order valence-electron chi connectivity index (χ3n) is 3.69. The van der Waals surface area contributed by atoms with E-state index < -0.39 is 5.91 Å². The van der Waals surface area contributed by atoms with Gasteiger partial charge >= 0.3 is 0 Å². The summed E-state index contributed by atoms with van der Waals surface area (Å²) in [6, 6.07) is 13.5. The van der Waals surface area contributed by atoms with E-state index in [9.17, 15) is 4.79 Å². The topological polar surface area (TPSA) is 137 Å². The monoisotopic (exact) mass is 426 g/mol. The van der Waals surface area contributed by atoms with Crippen LogP contribution in [-0.4, -0.2) is 37.4 Å². The molecule has 1 amide bonds. The number of rotatable bonds is 7. The fourth-order valence-corrected chi connectivity index (χ4v) is 3.85. The van der Waals surface area contributed by atoms with Crippen molar-refractivity contribution >= 4 is 41.0 Å². The highest BCUT2D eigenvalue weighted by Crippen LogP contribution is 2.25. The van der Waals surface area contributed by atoms with Gasteiger partial charge in [0.05, 0.1) is 11.9 Å². The summed E-state index contributed by atoms with van der Waals surface area (Å²) in [5.74, 6) is 0.106. The Labute approximate surface area is 172 Å². The van der Waals surface area contributed by atoms with Crippen LogP contribution in [0.1, 0.15) is 21.1 Å². The van der Waals surface area contributed by atoms with Gasteiger partial charge in [0.1, 0.15) is 0 Å². The van der Waals surface area contributed by atoms with Crippen LogP contribution in [0, 0.1) is 0 Å². The van der Waals surface area contributed by atoms with Crippen LogP contribution in [-0.2, 0) is 5.75 Å². The first-order valence-corrected chi connectivity index (χ1v) is 10.2. The molecule has 4 aromatic rings. The molecule has 0 radical (unpaired) electrons. The zero-order valence-electron chi connectivity index (χ0n) is 14.8. The standard InChI is InChI=1S/C17H14N8O2S2/c18-15-16(23-27-22-15)25-13(10-29-11-5-2-1-3-6-11)14(20-24-25)17(26)21-19-9-12-7-4-8-28-12/h1-9H,10H2,(H2,18,22)(H,21,26)/b19-9-. The molecular formula is C17H14N8O2S2. The molecular weight excluding hydrogens is 412 g/mol. The molecule has 0 aliphatic heterocycles. The second-order valence-electron chi connectivity index (χ2n) is 5.59. The summed E-state index contributed by atoms with van der Waals surface area (Å²) in [5.41, 5.74) is 8.85. The maximum absolute atomic E-state index is 12.6. The molecule has 146 valence electrons. The number of nitrogens with zero attached hydrogens (tertiary/aromatic N) is 6. The van der Waals surface area contributed by atoms with E-state index in [4.69, 9.17) is 5.73 Å². The summed E-state index contributed by atoms with van der Waals surface area (Å²) < 4.78 is 6.00. The summed E-state index contributed by atoms with van der Waals surface area (Å²) in [4.78, 5) is 14.6. The van der Waals surface area contributed by atoms with Crippen molar-refractivity contribution in [2.24, 2.45) is 5.10 Å². The van der Waals surface area contributed by atoms with E-state index >= 15 is 0 Å². The van der Waals surface area contributed by atoms with Crippen LogP contribution in [0.15, 0.2) is 62.5 Å². The maximum Gasteiger partial charge on any atom is 0.293 e. The first-order chi connectivity index (χ1) is 14.2. The third-order valence-corrected chi connectivity index (χ3v) is 5.52. The van der Waals surface area contributed by atoms with Crippen molar-refractivity contribution in [1.29, 1.82) is 0 Å². The number of carbonyl (C=O) groups is 1. The summed E-state index contributed by atoms with van der Waals surface area (Å²) in [5, 5.41) is 21.2. The number of anilines is 1. The van der Waals surface area contributed by atoms with Gasteiger partial charge in [0.2, 0.25) is 11.6 Å². The van der Waals surface area contributed by atoms with E-state index in [0.717, 1.165) is 9.77 Å². The highest BCUT2D eigenvalue weighted by Gasteiger charge is 2.23. The van der Waals surface area contributed by atoms with E-state index in [1.165, 1.54) is 27.8 Å². The molecule has 3 aromatic heterocycles. The molecule has 0 aliphatic carbocycles. The molecule has 4 rings (SSSR count). The molecule has 0 unspecified atom stereocenters. The Morgan fingerprint density at radius 2 is 2.14 bits per heavy atom. The summed E-state index contributed by atoms with van der Waals surface area (Å²) in [6.45, 7) is 0. The number of hydrogen-bond acceptors (Lipinski definition) is 10. The molecule has 0 spiro atoms. The van der Waals surface area contributed by atoms with E-state index in [1.54, 1.807) is 6.21 Å². The second kappa shape index (κ2) is 8.67. The molecule has 0 saturated carbocycles. The molecule has 0 atom stereocenters. The number of carbonyl (C=O) groups excluding carboxylic acids is 1. The lowest BCUT2D eigenvalue weighted by molar-refractivity contribution is 0.0949. The molecule has 3 N–H and O–H groups in total. The molecule has 0 fully saturated rings. The average Bonchev–Trinajstić information content (AvgIpc) is 3.48. The van der Waals surface area contributed by atoms with Gasteiger partial charge in [-0.25, -0.2) is 10.1 Å². The van der Waals surface area contributed by atoms with Crippen molar-refractivity contribution in [2.45, 2.75) is 10.6 Å². The van der Waals surface area contributed by atoms with Gasteiger partial charge in [0.25, 0.3) is 5.91 Å². The van der Waals surface area contributed by atoms with Crippen molar-refractivity contribution < 1.29 is 9.42 Å². The fourth-order valence-electron chi connectivity index (χ4n) is 2.36. The first-order valence-electron chi connectivity index (χ1n) is 8.30. The van der Waals surface area contributed by atoms with Crippen LogP contribution >= 0.6 is 23.1 Å². The Hall–Kier alpha value is -3.51. The lowest BCUT2D eigenvalue weighted by atomic mass is 10.3.